The molecule has 7 heteroatoms. The van der Waals surface area contributed by atoms with Crippen molar-refractivity contribution in [3.05, 3.63) is 65.6 Å². The molecule has 5 nitrogen and oxygen atoms in total. The highest BCUT2D eigenvalue weighted by atomic mass is 32.1. The van der Waals surface area contributed by atoms with E-state index < -0.39 is 18.0 Å². The molecule has 1 aromatic heterocycles. The van der Waals surface area contributed by atoms with Crippen molar-refractivity contribution in [3.8, 4) is 11.3 Å². The quantitative estimate of drug-likeness (QED) is 0.603. The summed E-state index contributed by atoms with van der Waals surface area (Å²) in [7, 11) is 0. The molecule has 134 valence electrons. The smallest absolute Gasteiger partial charge is 0.412 e. The first-order chi connectivity index (χ1) is 12.5. The Morgan fingerprint density at radius 2 is 1.92 bits per heavy atom. The third-order valence-electron chi connectivity index (χ3n) is 3.85. The van der Waals surface area contributed by atoms with Crippen molar-refractivity contribution in [1.82, 2.24) is 5.16 Å². The van der Waals surface area contributed by atoms with Crippen molar-refractivity contribution < 1.29 is 18.4 Å². The van der Waals surface area contributed by atoms with Gasteiger partial charge in [0.25, 0.3) is 0 Å². The fraction of sp³-hybridized carbons (Fsp3) is 0.158. The van der Waals surface area contributed by atoms with Crippen molar-refractivity contribution in [1.29, 1.82) is 0 Å². The van der Waals surface area contributed by atoms with E-state index in [2.05, 4.69) is 23.1 Å². The van der Waals surface area contributed by atoms with Crippen molar-refractivity contribution in [3.63, 3.8) is 0 Å². The molecule has 0 aliphatic heterocycles. The summed E-state index contributed by atoms with van der Waals surface area (Å²) < 4.78 is 24.4. The molecule has 26 heavy (non-hydrogen) atoms. The number of benzene rings is 2. The first-order valence-corrected chi connectivity index (χ1v) is 8.38. The van der Waals surface area contributed by atoms with Crippen LogP contribution < -0.4 is 5.32 Å². The molecular formula is C19H17FN2O3S. The predicted molar refractivity (Wildman–Crippen MR) is 98.8 cm³/mol. The Labute approximate surface area is 155 Å². The molecule has 3 rings (SSSR count). The molecule has 0 fully saturated rings. The summed E-state index contributed by atoms with van der Waals surface area (Å²) in [6.45, 7) is 3.31. The maximum Gasteiger partial charge on any atom is 0.412 e. The molecule has 1 amide bonds. The van der Waals surface area contributed by atoms with Crippen LogP contribution >= 0.6 is 12.6 Å². The summed E-state index contributed by atoms with van der Waals surface area (Å²) in [4.78, 5) is 13.1. The Kier molecular flexibility index (Phi) is 5.27. The Morgan fingerprint density at radius 3 is 2.62 bits per heavy atom. The second kappa shape index (κ2) is 7.61. The minimum atomic E-state index is -0.747. The van der Waals surface area contributed by atoms with E-state index >= 15 is 0 Å². The summed E-state index contributed by atoms with van der Waals surface area (Å²) in [6, 6.07) is 13.4. The molecule has 1 heterocycles. The van der Waals surface area contributed by atoms with Gasteiger partial charge in [0, 0.05) is 16.0 Å². The topological polar surface area (TPSA) is 64.4 Å². The number of ether oxygens (including phenoxy) is 1. The largest absolute Gasteiger partial charge is 0.441 e. The molecule has 1 unspecified atom stereocenters. The van der Waals surface area contributed by atoms with Gasteiger partial charge in [-0.2, -0.15) is 0 Å². The van der Waals surface area contributed by atoms with Crippen molar-refractivity contribution >= 4 is 24.4 Å². The van der Waals surface area contributed by atoms with Crippen molar-refractivity contribution in [2.75, 3.05) is 5.32 Å². The van der Waals surface area contributed by atoms with Crippen LogP contribution in [0, 0.1) is 12.7 Å². The van der Waals surface area contributed by atoms with E-state index in [1.54, 1.807) is 56.3 Å². The van der Waals surface area contributed by atoms with Gasteiger partial charge in [-0.3, -0.25) is 5.32 Å². The molecule has 1 atom stereocenters. The third-order valence-corrected chi connectivity index (χ3v) is 4.14. The number of rotatable bonds is 4. The molecule has 1 N–H and O–H groups in total. The summed E-state index contributed by atoms with van der Waals surface area (Å²) >= 11 is 4.24. The molecular weight excluding hydrogens is 355 g/mol. The Hall–Kier alpha value is -2.80. The highest BCUT2D eigenvalue weighted by Gasteiger charge is 2.20. The minimum Gasteiger partial charge on any atom is -0.441 e. The second-order valence-electron chi connectivity index (χ2n) is 5.71. The molecule has 0 bridgehead atoms. The Morgan fingerprint density at radius 1 is 1.23 bits per heavy atom. The van der Waals surface area contributed by atoms with Gasteiger partial charge in [0.15, 0.2) is 5.76 Å². The highest BCUT2D eigenvalue weighted by Crippen LogP contribution is 2.32. The lowest BCUT2D eigenvalue weighted by Gasteiger charge is -2.15. The number of carbonyl (C=O) groups excluding carboxylic acids is 1. The van der Waals surface area contributed by atoms with E-state index in [-0.39, 0.29) is 0 Å². The lowest BCUT2D eigenvalue weighted by molar-refractivity contribution is 0.119. The number of aryl methyl sites for hydroxylation is 1. The maximum absolute atomic E-state index is 13.8. The number of halogens is 1. The number of nitrogens with one attached hydrogen (secondary N) is 1. The molecule has 2 aromatic carbocycles. The van der Waals surface area contributed by atoms with E-state index in [9.17, 15) is 9.18 Å². The number of carbonyl (C=O) groups is 1. The van der Waals surface area contributed by atoms with Crippen LogP contribution in [-0.4, -0.2) is 11.2 Å². The number of thiol groups is 1. The van der Waals surface area contributed by atoms with E-state index in [4.69, 9.17) is 9.26 Å². The zero-order valence-electron chi connectivity index (χ0n) is 14.2. The molecule has 0 spiro atoms. The molecule has 0 saturated carbocycles. The number of aromatic nitrogens is 1. The van der Waals surface area contributed by atoms with Gasteiger partial charge in [-0.25, -0.2) is 9.18 Å². The van der Waals surface area contributed by atoms with Gasteiger partial charge in [0.1, 0.15) is 23.3 Å². The molecule has 0 aliphatic rings. The zero-order valence-corrected chi connectivity index (χ0v) is 15.1. The monoisotopic (exact) mass is 372 g/mol. The third kappa shape index (κ3) is 3.88. The van der Waals surface area contributed by atoms with Crippen LogP contribution in [0.3, 0.4) is 0 Å². The second-order valence-corrected chi connectivity index (χ2v) is 6.23. The van der Waals surface area contributed by atoms with Gasteiger partial charge in [0.2, 0.25) is 0 Å². The van der Waals surface area contributed by atoms with Crippen LogP contribution in [0.25, 0.3) is 11.3 Å². The fourth-order valence-corrected chi connectivity index (χ4v) is 2.64. The Bertz CT molecular complexity index is 925. The normalized spacial score (nSPS) is 11.8. The van der Waals surface area contributed by atoms with Gasteiger partial charge in [-0.15, -0.1) is 12.6 Å². The molecule has 0 radical (unpaired) electrons. The fourth-order valence-electron chi connectivity index (χ4n) is 2.49. The predicted octanol–water partition coefficient (Wildman–Crippen LogP) is 5.39. The van der Waals surface area contributed by atoms with Gasteiger partial charge in [-0.1, -0.05) is 23.4 Å². The van der Waals surface area contributed by atoms with Crippen molar-refractivity contribution in [2.45, 2.75) is 24.8 Å². The highest BCUT2D eigenvalue weighted by molar-refractivity contribution is 7.80. The van der Waals surface area contributed by atoms with Gasteiger partial charge >= 0.3 is 6.09 Å². The number of hydrogen-bond donors (Lipinski definition) is 2. The van der Waals surface area contributed by atoms with Gasteiger partial charge < -0.3 is 9.26 Å². The molecule has 3 aromatic rings. The van der Waals surface area contributed by atoms with Crippen LogP contribution in [0.2, 0.25) is 0 Å². The van der Waals surface area contributed by atoms with Crippen LogP contribution in [0.5, 0.6) is 0 Å². The standard InChI is InChI=1S/C19H17FN2O3S/c1-11-17(18(25-22-11)13-7-9-14(26)10-8-13)21-19(23)24-12(2)15-5-3-4-6-16(15)20/h3-10,12,26H,1-2H3,(H,21,23). The van der Waals surface area contributed by atoms with Crippen LogP contribution in [0.1, 0.15) is 24.3 Å². The average Bonchev–Trinajstić information content (AvgIpc) is 2.96. The Balaban J connectivity index is 1.77. The maximum atomic E-state index is 13.8. The lowest BCUT2D eigenvalue weighted by Crippen LogP contribution is -2.17. The van der Waals surface area contributed by atoms with Crippen LogP contribution in [-0.2, 0) is 4.74 Å². The van der Waals surface area contributed by atoms with Gasteiger partial charge in [0.05, 0.1) is 0 Å². The number of nitrogens with zero attached hydrogens (tertiary/aromatic N) is 1. The lowest BCUT2D eigenvalue weighted by atomic mass is 10.1. The summed E-state index contributed by atoms with van der Waals surface area (Å²) in [5.41, 5.74) is 1.95. The molecule has 0 aliphatic carbocycles. The number of anilines is 1. The van der Waals surface area contributed by atoms with Gasteiger partial charge in [-0.05, 0) is 44.2 Å². The SMILES string of the molecule is Cc1noc(-c2ccc(S)cc2)c1NC(=O)OC(C)c1ccccc1F. The summed E-state index contributed by atoms with van der Waals surface area (Å²) in [5.74, 6) is -0.0205. The van der Waals surface area contributed by atoms with E-state index in [0.29, 0.717) is 22.7 Å². The summed E-state index contributed by atoms with van der Waals surface area (Å²) in [5, 5.41) is 6.53. The van der Waals surface area contributed by atoms with E-state index in [1.807, 2.05) is 0 Å². The van der Waals surface area contributed by atoms with E-state index in [1.165, 1.54) is 6.07 Å². The van der Waals surface area contributed by atoms with E-state index in [0.717, 1.165) is 10.5 Å². The van der Waals surface area contributed by atoms with Crippen LogP contribution in [0.15, 0.2) is 57.9 Å². The first-order valence-electron chi connectivity index (χ1n) is 7.93. The average molecular weight is 372 g/mol. The first kappa shape index (κ1) is 18.0. The minimum absolute atomic E-state index is 0.300. The number of amides is 1. The summed E-state index contributed by atoms with van der Waals surface area (Å²) in [6.07, 6.45) is -1.47. The number of hydrogen-bond acceptors (Lipinski definition) is 5. The molecule has 0 saturated heterocycles. The van der Waals surface area contributed by atoms with Crippen LogP contribution in [0.4, 0.5) is 14.9 Å². The zero-order chi connectivity index (χ0) is 18.7. The van der Waals surface area contributed by atoms with Crippen molar-refractivity contribution in [2.24, 2.45) is 0 Å².